The molecule has 0 aromatic heterocycles. The van der Waals surface area contributed by atoms with E-state index < -0.39 is 5.91 Å². The fourth-order valence-corrected chi connectivity index (χ4v) is 1.67. The van der Waals surface area contributed by atoms with Gasteiger partial charge in [0.2, 0.25) is 6.29 Å². The van der Waals surface area contributed by atoms with Gasteiger partial charge in [-0.1, -0.05) is 26.0 Å². The number of methoxy groups -OCH3 is 1. The molecule has 0 atom stereocenters. The van der Waals surface area contributed by atoms with Crippen molar-refractivity contribution in [1.29, 1.82) is 0 Å². The molecule has 1 aromatic carbocycles. The topological polar surface area (TPSA) is 46.6 Å². The third kappa shape index (κ3) is 3.32. The molecular formula is C14H19NO3. The number of ether oxygens (including phenoxy) is 1. The molecule has 0 heterocycles. The summed E-state index contributed by atoms with van der Waals surface area (Å²) in [5.74, 6) is 0.624. The molecule has 0 N–H and O–H groups in total. The third-order valence-corrected chi connectivity index (χ3v) is 2.86. The fraction of sp³-hybridized carbons (Fsp3) is 0.429. The van der Waals surface area contributed by atoms with Crippen LogP contribution in [0.5, 0.6) is 5.75 Å². The van der Waals surface area contributed by atoms with E-state index in [1.165, 1.54) is 10.5 Å². The van der Waals surface area contributed by atoms with Crippen molar-refractivity contribution in [1.82, 2.24) is 4.90 Å². The normalized spacial score (nSPS) is 10.3. The Bertz CT molecular complexity index is 441. The maximum Gasteiger partial charge on any atom is 0.286 e. The van der Waals surface area contributed by atoms with E-state index in [4.69, 9.17) is 4.74 Å². The zero-order chi connectivity index (χ0) is 13.7. The second kappa shape index (κ2) is 6.19. The van der Waals surface area contributed by atoms with Crippen LogP contribution in [0.25, 0.3) is 0 Å². The number of hydrogen-bond acceptors (Lipinski definition) is 3. The first-order valence-electron chi connectivity index (χ1n) is 5.86. The number of aldehydes is 1. The van der Waals surface area contributed by atoms with Crippen molar-refractivity contribution in [2.45, 2.75) is 26.3 Å². The van der Waals surface area contributed by atoms with Crippen LogP contribution in [-0.4, -0.2) is 31.3 Å². The molecule has 98 valence electrons. The summed E-state index contributed by atoms with van der Waals surface area (Å²) in [6, 6.07) is 5.92. The number of carbonyl (C=O) groups excluding carboxylic acids is 2. The van der Waals surface area contributed by atoms with Gasteiger partial charge in [0.25, 0.3) is 5.91 Å². The largest absolute Gasteiger partial charge is 0.496 e. The number of likely N-dealkylation sites (N-methyl/N-ethyl adjacent to an activating group) is 1. The van der Waals surface area contributed by atoms with Crippen molar-refractivity contribution in [3.8, 4) is 5.75 Å². The van der Waals surface area contributed by atoms with Crippen molar-refractivity contribution in [2.75, 3.05) is 14.2 Å². The van der Waals surface area contributed by atoms with Crippen molar-refractivity contribution in [3.63, 3.8) is 0 Å². The molecule has 0 spiro atoms. The van der Waals surface area contributed by atoms with Crippen LogP contribution in [0, 0.1) is 0 Å². The van der Waals surface area contributed by atoms with Gasteiger partial charge < -0.3 is 9.64 Å². The first kappa shape index (κ1) is 14.2. The highest BCUT2D eigenvalue weighted by Gasteiger charge is 2.12. The number of nitrogens with zero attached hydrogens (tertiary/aromatic N) is 1. The van der Waals surface area contributed by atoms with E-state index in [1.54, 1.807) is 14.2 Å². The molecule has 0 bridgehead atoms. The number of amides is 1. The SMILES string of the molecule is COc1cc(C(C)C)ccc1CN(C)C(=O)C=O. The molecule has 0 radical (unpaired) electrons. The van der Waals surface area contributed by atoms with Crippen LogP contribution in [0.15, 0.2) is 18.2 Å². The van der Waals surface area contributed by atoms with Gasteiger partial charge in [-0.3, -0.25) is 9.59 Å². The third-order valence-electron chi connectivity index (χ3n) is 2.86. The minimum absolute atomic E-state index is 0.314. The monoisotopic (exact) mass is 249 g/mol. The van der Waals surface area contributed by atoms with E-state index in [0.717, 1.165) is 11.3 Å². The maximum absolute atomic E-state index is 11.2. The van der Waals surface area contributed by atoms with Crippen molar-refractivity contribution in [3.05, 3.63) is 29.3 Å². The molecule has 4 nitrogen and oxygen atoms in total. The smallest absolute Gasteiger partial charge is 0.286 e. The average molecular weight is 249 g/mol. The lowest BCUT2D eigenvalue weighted by molar-refractivity contribution is -0.138. The zero-order valence-electron chi connectivity index (χ0n) is 11.3. The summed E-state index contributed by atoms with van der Waals surface area (Å²) in [6.45, 7) is 4.58. The highest BCUT2D eigenvalue weighted by Crippen LogP contribution is 2.25. The first-order valence-corrected chi connectivity index (χ1v) is 5.86. The van der Waals surface area contributed by atoms with Gasteiger partial charge in [0, 0.05) is 19.2 Å². The van der Waals surface area contributed by atoms with Gasteiger partial charge in [0.15, 0.2) is 0 Å². The summed E-state index contributed by atoms with van der Waals surface area (Å²) in [7, 11) is 3.19. The summed E-state index contributed by atoms with van der Waals surface area (Å²) < 4.78 is 5.32. The van der Waals surface area contributed by atoms with Gasteiger partial charge in [0.05, 0.1) is 7.11 Å². The Kier molecular flexibility index (Phi) is 4.89. The first-order chi connectivity index (χ1) is 8.49. The quantitative estimate of drug-likeness (QED) is 0.592. The second-order valence-electron chi connectivity index (χ2n) is 4.54. The van der Waals surface area contributed by atoms with Gasteiger partial charge in [-0.2, -0.15) is 0 Å². The van der Waals surface area contributed by atoms with Gasteiger partial charge >= 0.3 is 0 Å². The second-order valence-corrected chi connectivity index (χ2v) is 4.54. The zero-order valence-corrected chi connectivity index (χ0v) is 11.3. The number of hydrogen-bond donors (Lipinski definition) is 0. The van der Waals surface area contributed by atoms with Crippen LogP contribution in [0.4, 0.5) is 0 Å². The lowest BCUT2D eigenvalue weighted by Gasteiger charge is -2.17. The van der Waals surface area contributed by atoms with E-state index in [9.17, 15) is 9.59 Å². The summed E-state index contributed by atoms with van der Waals surface area (Å²) in [5, 5.41) is 0. The van der Waals surface area contributed by atoms with Crippen LogP contribution in [-0.2, 0) is 16.1 Å². The molecule has 1 amide bonds. The molecule has 0 fully saturated rings. The van der Waals surface area contributed by atoms with Crippen molar-refractivity contribution >= 4 is 12.2 Å². The highest BCUT2D eigenvalue weighted by molar-refractivity contribution is 6.23. The highest BCUT2D eigenvalue weighted by atomic mass is 16.5. The molecule has 0 aliphatic rings. The van der Waals surface area contributed by atoms with E-state index in [1.807, 2.05) is 18.2 Å². The molecular weight excluding hydrogens is 230 g/mol. The standard InChI is InChI=1S/C14H19NO3/c1-10(2)11-5-6-12(13(7-11)18-4)8-15(3)14(17)9-16/h5-7,9-10H,8H2,1-4H3. The van der Waals surface area contributed by atoms with Crippen molar-refractivity contribution in [2.24, 2.45) is 0 Å². The Hall–Kier alpha value is -1.84. The Morgan fingerprint density at radius 3 is 2.61 bits per heavy atom. The van der Waals surface area contributed by atoms with Crippen LogP contribution < -0.4 is 4.74 Å². The summed E-state index contributed by atoms with van der Waals surface area (Å²) in [5.41, 5.74) is 2.07. The van der Waals surface area contributed by atoms with Crippen molar-refractivity contribution < 1.29 is 14.3 Å². The van der Waals surface area contributed by atoms with Gasteiger partial charge in [-0.25, -0.2) is 0 Å². The molecule has 0 aliphatic carbocycles. The summed E-state index contributed by atoms with van der Waals surface area (Å²) in [4.78, 5) is 23.0. The Labute approximate surface area is 108 Å². The number of rotatable bonds is 5. The average Bonchev–Trinajstić information content (AvgIpc) is 2.37. The van der Waals surface area contributed by atoms with E-state index in [0.29, 0.717) is 18.7 Å². The van der Waals surface area contributed by atoms with Gasteiger partial charge in [0.1, 0.15) is 5.75 Å². The van der Waals surface area contributed by atoms with E-state index in [-0.39, 0.29) is 0 Å². The van der Waals surface area contributed by atoms with Crippen LogP contribution >= 0.6 is 0 Å². The predicted molar refractivity (Wildman–Crippen MR) is 69.6 cm³/mol. The summed E-state index contributed by atoms with van der Waals surface area (Å²) in [6.07, 6.45) is 0.314. The molecule has 4 heteroatoms. The molecule has 1 rings (SSSR count). The molecule has 0 aliphatic heterocycles. The Morgan fingerprint density at radius 1 is 1.44 bits per heavy atom. The van der Waals surface area contributed by atoms with Crippen LogP contribution in [0.3, 0.4) is 0 Å². The molecule has 0 unspecified atom stereocenters. The number of benzene rings is 1. The molecule has 18 heavy (non-hydrogen) atoms. The number of carbonyl (C=O) groups is 2. The fourth-order valence-electron chi connectivity index (χ4n) is 1.67. The minimum Gasteiger partial charge on any atom is -0.496 e. The molecule has 0 saturated heterocycles. The minimum atomic E-state index is -0.537. The molecule has 0 saturated carbocycles. The van der Waals surface area contributed by atoms with E-state index >= 15 is 0 Å². The van der Waals surface area contributed by atoms with Gasteiger partial charge in [-0.15, -0.1) is 0 Å². The molecule has 1 aromatic rings. The lowest BCUT2D eigenvalue weighted by Crippen LogP contribution is -2.27. The Morgan fingerprint density at radius 2 is 2.11 bits per heavy atom. The van der Waals surface area contributed by atoms with E-state index in [2.05, 4.69) is 13.8 Å². The lowest BCUT2D eigenvalue weighted by atomic mass is 10.0. The maximum atomic E-state index is 11.2. The predicted octanol–water partition coefficient (Wildman–Crippen LogP) is 1.98. The Balaban J connectivity index is 2.95. The van der Waals surface area contributed by atoms with Crippen LogP contribution in [0.2, 0.25) is 0 Å². The van der Waals surface area contributed by atoms with Crippen LogP contribution in [0.1, 0.15) is 30.9 Å². The van der Waals surface area contributed by atoms with Gasteiger partial charge in [-0.05, 0) is 17.5 Å². The summed E-state index contributed by atoms with van der Waals surface area (Å²) >= 11 is 0.